The highest BCUT2D eigenvalue weighted by molar-refractivity contribution is 5.85. The molecule has 216 valence electrons. The van der Waals surface area contributed by atoms with Gasteiger partial charge in [0.1, 0.15) is 0 Å². The monoisotopic (exact) mass is 562 g/mol. The number of carbonyl (C=O) groups is 1. The van der Waals surface area contributed by atoms with Gasteiger partial charge in [0, 0.05) is 25.2 Å². The van der Waals surface area contributed by atoms with Crippen LogP contribution in [0.15, 0.2) is 24.3 Å². The van der Waals surface area contributed by atoms with Gasteiger partial charge in [-0.3, -0.25) is 9.69 Å². The Hall–Kier alpha value is -2.84. The van der Waals surface area contributed by atoms with Crippen molar-refractivity contribution in [3.05, 3.63) is 41.0 Å². The fourth-order valence-corrected chi connectivity index (χ4v) is 6.02. The minimum Gasteiger partial charge on any atom is -0.493 e. The average Bonchev–Trinajstić information content (AvgIpc) is 3.11. The summed E-state index contributed by atoms with van der Waals surface area (Å²) in [4.78, 5) is 18.2. The lowest BCUT2D eigenvalue weighted by atomic mass is 9.94. The second-order valence-corrected chi connectivity index (χ2v) is 10.1. The molecule has 0 radical (unpaired) electrons. The predicted octanol–water partition coefficient (Wildman–Crippen LogP) is 4.56. The van der Waals surface area contributed by atoms with Crippen LogP contribution >= 0.6 is 12.4 Å². The lowest BCUT2D eigenvalue weighted by molar-refractivity contribution is -0.134. The maximum absolute atomic E-state index is 13.5. The molecule has 2 aromatic carbocycles. The van der Waals surface area contributed by atoms with E-state index in [0.29, 0.717) is 47.8 Å². The van der Waals surface area contributed by atoms with Gasteiger partial charge in [-0.05, 0) is 80.1 Å². The largest absolute Gasteiger partial charge is 0.493 e. The van der Waals surface area contributed by atoms with Gasteiger partial charge < -0.3 is 28.6 Å². The van der Waals surface area contributed by atoms with E-state index in [4.69, 9.17) is 23.7 Å². The standard InChI is InChI=1S/C30H42N2O6.ClH/c1-20(32-14-11-22-17-25(34-2)26(35-3)18-23(22)19-29(32)33)24-9-7-8-12-31(24)13-10-21-15-27(36-4)30(38-6)28(16-21)37-5;/h15-18,20,24H,7-14,19H2,1-6H3;1H. The number of hydrogen-bond acceptors (Lipinski definition) is 7. The Labute approximate surface area is 238 Å². The summed E-state index contributed by atoms with van der Waals surface area (Å²) in [5.74, 6) is 3.52. The maximum Gasteiger partial charge on any atom is 0.227 e. The number of fused-ring (bicyclic) bond motifs is 1. The fourth-order valence-electron chi connectivity index (χ4n) is 6.02. The van der Waals surface area contributed by atoms with Gasteiger partial charge in [0.15, 0.2) is 23.0 Å². The molecule has 2 unspecified atom stereocenters. The highest BCUT2D eigenvalue weighted by Gasteiger charge is 2.34. The molecule has 1 fully saturated rings. The normalized spacial score (nSPS) is 18.4. The molecule has 0 spiro atoms. The molecule has 0 N–H and O–H groups in total. The van der Waals surface area contributed by atoms with Gasteiger partial charge in [-0.1, -0.05) is 6.42 Å². The van der Waals surface area contributed by atoms with Crippen LogP contribution in [0, 0.1) is 0 Å². The van der Waals surface area contributed by atoms with Crippen LogP contribution in [-0.4, -0.2) is 83.0 Å². The van der Waals surface area contributed by atoms with E-state index >= 15 is 0 Å². The molecule has 0 aliphatic carbocycles. The van der Waals surface area contributed by atoms with Crippen LogP contribution in [0.5, 0.6) is 28.7 Å². The van der Waals surface area contributed by atoms with Crippen LogP contribution in [-0.2, 0) is 24.1 Å². The van der Waals surface area contributed by atoms with Gasteiger partial charge in [0.25, 0.3) is 0 Å². The number of amides is 1. The summed E-state index contributed by atoms with van der Waals surface area (Å²) in [5, 5.41) is 0. The highest BCUT2D eigenvalue weighted by atomic mass is 35.5. The minimum atomic E-state index is 0. The summed E-state index contributed by atoms with van der Waals surface area (Å²) >= 11 is 0. The first kappa shape index (κ1) is 30.7. The van der Waals surface area contributed by atoms with Gasteiger partial charge in [-0.25, -0.2) is 0 Å². The number of halogens is 1. The van der Waals surface area contributed by atoms with Gasteiger partial charge in [0.2, 0.25) is 11.7 Å². The van der Waals surface area contributed by atoms with E-state index < -0.39 is 0 Å². The molecule has 1 saturated heterocycles. The second kappa shape index (κ2) is 14.0. The van der Waals surface area contributed by atoms with Gasteiger partial charge in [-0.15, -0.1) is 12.4 Å². The first-order valence-electron chi connectivity index (χ1n) is 13.5. The maximum atomic E-state index is 13.5. The second-order valence-electron chi connectivity index (χ2n) is 10.1. The third kappa shape index (κ3) is 6.67. The van der Waals surface area contributed by atoms with Gasteiger partial charge in [0.05, 0.1) is 42.0 Å². The molecule has 1 amide bonds. The van der Waals surface area contributed by atoms with Crippen LogP contribution in [0.3, 0.4) is 0 Å². The van der Waals surface area contributed by atoms with Gasteiger partial charge in [-0.2, -0.15) is 0 Å². The van der Waals surface area contributed by atoms with Crippen molar-refractivity contribution >= 4 is 18.3 Å². The number of methoxy groups -OCH3 is 5. The zero-order valence-corrected chi connectivity index (χ0v) is 24.9. The Morgan fingerprint density at radius 3 is 2.03 bits per heavy atom. The zero-order chi connectivity index (χ0) is 27.2. The average molecular weight is 563 g/mol. The van der Waals surface area contributed by atoms with Crippen molar-refractivity contribution in [2.45, 2.75) is 57.5 Å². The summed E-state index contributed by atoms with van der Waals surface area (Å²) in [6.45, 7) is 4.87. The Balaban J connectivity index is 0.00000420. The summed E-state index contributed by atoms with van der Waals surface area (Å²) in [6.07, 6.45) is 5.51. The smallest absolute Gasteiger partial charge is 0.227 e. The number of likely N-dealkylation sites (tertiary alicyclic amines) is 1. The third-order valence-electron chi connectivity index (χ3n) is 8.11. The van der Waals surface area contributed by atoms with E-state index in [9.17, 15) is 4.79 Å². The van der Waals surface area contributed by atoms with Crippen molar-refractivity contribution in [1.82, 2.24) is 9.80 Å². The molecule has 2 aliphatic heterocycles. The lowest BCUT2D eigenvalue weighted by Gasteiger charge is -2.43. The number of nitrogens with zero attached hydrogens (tertiary/aromatic N) is 2. The van der Waals surface area contributed by atoms with Crippen molar-refractivity contribution in [3.63, 3.8) is 0 Å². The number of rotatable bonds is 10. The Morgan fingerprint density at radius 2 is 1.44 bits per heavy atom. The van der Waals surface area contributed by atoms with Crippen molar-refractivity contribution in [1.29, 1.82) is 0 Å². The zero-order valence-electron chi connectivity index (χ0n) is 24.1. The van der Waals surface area contributed by atoms with Crippen LogP contribution in [0.25, 0.3) is 0 Å². The van der Waals surface area contributed by atoms with E-state index in [1.165, 1.54) is 12.8 Å². The molecule has 2 atom stereocenters. The predicted molar refractivity (Wildman–Crippen MR) is 154 cm³/mol. The molecule has 2 heterocycles. The minimum absolute atomic E-state index is 0. The number of benzene rings is 2. The Kier molecular flexibility index (Phi) is 11.0. The molecule has 2 aromatic rings. The lowest BCUT2D eigenvalue weighted by Crippen LogP contribution is -2.54. The first-order valence-corrected chi connectivity index (χ1v) is 13.5. The van der Waals surface area contributed by atoms with E-state index in [1.807, 2.05) is 24.3 Å². The van der Waals surface area contributed by atoms with Crippen LogP contribution in [0.1, 0.15) is 42.9 Å². The highest BCUT2D eigenvalue weighted by Crippen LogP contribution is 2.38. The molecule has 0 aromatic heterocycles. The van der Waals surface area contributed by atoms with Crippen LogP contribution in [0.4, 0.5) is 0 Å². The number of piperidine rings is 1. The molecule has 4 rings (SSSR count). The molecule has 9 heteroatoms. The quantitative estimate of drug-likeness (QED) is 0.420. The van der Waals surface area contributed by atoms with E-state index in [2.05, 4.69) is 16.7 Å². The summed E-state index contributed by atoms with van der Waals surface area (Å²) in [7, 11) is 8.19. The summed E-state index contributed by atoms with van der Waals surface area (Å²) in [5.41, 5.74) is 3.33. The summed E-state index contributed by atoms with van der Waals surface area (Å²) < 4.78 is 27.6. The van der Waals surface area contributed by atoms with Gasteiger partial charge >= 0.3 is 0 Å². The Morgan fingerprint density at radius 1 is 0.821 bits per heavy atom. The molecule has 39 heavy (non-hydrogen) atoms. The van der Waals surface area contributed by atoms with Crippen LogP contribution in [0.2, 0.25) is 0 Å². The molecule has 2 aliphatic rings. The van der Waals surface area contributed by atoms with Crippen molar-refractivity contribution in [3.8, 4) is 28.7 Å². The molecule has 0 saturated carbocycles. The number of hydrogen-bond donors (Lipinski definition) is 0. The molecular formula is C30H43ClN2O6. The third-order valence-corrected chi connectivity index (χ3v) is 8.11. The first-order chi connectivity index (χ1) is 18.4. The number of carbonyl (C=O) groups excluding carboxylic acids is 1. The SMILES string of the molecule is COc1cc2c(cc1OC)CC(=O)N(C(C)C1CCCCN1CCc1cc(OC)c(OC)c(OC)c1)CC2.Cl. The summed E-state index contributed by atoms with van der Waals surface area (Å²) in [6, 6.07) is 8.49. The topological polar surface area (TPSA) is 69.7 Å². The fraction of sp³-hybridized carbons (Fsp3) is 0.567. The Bertz CT molecular complexity index is 1100. The molecule has 8 nitrogen and oxygen atoms in total. The molecule has 0 bridgehead atoms. The van der Waals surface area contributed by atoms with Crippen molar-refractivity contribution in [2.24, 2.45) is 0 Å². The van der Waals surface area contributed by atoms with Crippen molar-refractivity contribution in [2.75, 3.05) is 55.2 Å². The van der Waals surface area contributed by atoms with Crippen molar-refractivity contribution < 1.29 is 28.5 Å². The van der Waals surface area contributed by atoms with E-state index in [1.54, 1.807) is 35.5 Å². The molecular weight excluding hydrogens is 520 g/mol. The number of ether oxygens (including phenoxy) is 5. The van der Waals surface area contributed by atoms with E-state index in [0.717, 1.165) is 49.0 Å². The van der Waals surface area contributed by atoms with Crippen LogP contribution < -0.4 is 23.7 Å². The van der Waals surface area contributed by atoms with E-state index in [-0.39, 0.29) is 24.4 Å².